The number of aromatic nitrogens is 2. The van der Waals surface area contributed by atoms with Gasteiger partial charge in [-0.15, -0.1) is 0 Å². The van der Waals surface area contributed by atoms with E-state index in [0.29, 0.717) is 11.6 Å². The zero-order valence-corrected chi connectivity index (χ0v) is 9.44. The van der Waals surface area contributed by atoms with E-state index >= 15 is 0 Å². The maximum atomic E-state index is 11.3. The van der Waals surface area contributed by atoms with E-state index in [-0.39, 0.29) is 12.3 Å². The summed E-state index contributed by atoms with van der Waals surface area (Å²) in [4.78, 5) is 21.8. The van der Waals surface area contributed by atoms with Crippen molar-refractivity contribution in [3.63, 3.8) is 0 Å². The van der Waals surface area contributed by atoms with Crippen LogP contribution >= 0.6 is 11.6 Å². The van der Waals surface area contributed by atoms with E-state index in [9.17, 15) is 9.59 Å². The first-order chi connectivity index (χ1) is 7.49. The van der Waals surface area contributed by atoms with Crippen molar-refractivity contribution in [1.82, 2.24) is 15.1 Å². The minimum absolute atomic E-state index is 0.162. The van der Waals surface area contributed by atoms with Crippen LogP contribution in [-0.4, -0.2) is 32.8 Å². The normalized spacial score (nSPS) is 12.1. The molecule has 0 radical (unpaired) electrons. The number of carboxylic acids is 1. The Morgan fingerprint density at radius 1 is 1.69 bits per heavy atom. The summed E-state index contributed by atoms with van der Waals surface area (Å²) in [5.41, 5.74) is 0. The van der Waals surface area contributed by atoms with Gasteiger partial charge in [0.15, 0.2) is 0 Å². The molecule has 0 aliphatic rings. The standard InChI is InChI=1S/C9H12ClN3O3/c1-6(9(15)16)12-8(14)2-3-13-5-7(10)4-11-13/h4-6H,2-3H2,1H3,(H,12,14)(H,15,16)/t6-/m1/s1. The molecule has 0 aromatic carbocycles. The largest absolute Gasteiger partial charge is 0.480 e. The zero-order chi connectivity index (χ0) is 12.1. The summed E-state index contributed by atoms with van der Waals surface area (Å²) >= 11 is 5.64. The second kappa shape index (κ2) is 5.50. The van der Waals surface area contributed by atoms with Gasteiger partial charge in [-0.25, -0.2) is 0 Å². The van der Waals surface area contributed by atoms with Crippen molar-refractivity contribution in [2.24, 2.45) is 0 Å². The van der Waals surface area contributed by atoms with Gasteiger partial charge in [0.25, 0.3) is 0 Å². The fourth-order valence-corrected chi connectivity index (χ4v) is 1.21. The van der Waals surface area contributed by atoms with Crippen molar-refractivity contribution in [2.45, 2.75) is 25.9 Å². The van der Waals surface area contributed by atoms with Crippen molar-refractivity contribution in [3.05, 3.63) is 17.4 Å². The average Bonchev–Trinajstić information content (AvgIpc) is 2.61. The quantitative estimate of drug-likeness (QED) is 0.792. The van der Waals surface area contributed by atoms with Gasteiger partial charge in [-0.1, -0.05) is 11.6 Å². The molecule has 0 spiro atoms. The molecule has 88 valence electrons. The highest BCUT2D eigenvalue weighted by Crippen LogP contribution is 2.04. The molecule has 0 saturated carbocycles. The molecule has 1 rings (SSSR count). The highest BCUT2D eigenvalue weighted by atomic mass is 35.5. The minimum Gasteiger partial charge on any atom is -0.480 e. The van der Waals surface area contributed by atoms with Gasteiger partial charge in [0.1, 0.15) is 6.04 Å². The Morgan fingerprint density at radius 2 is 2.38 bits per heavy atom. The van der Waals surface area contributed by atoms with Gasteiger partial charge in [0.05, 0.1) is 11.2 Å². The first kappa shape index (κ1) is 12.5. The van der Waals surface area contributed by atoms with Gasteiger partial charge in [0, 0.05) is 19.2 Å². The molecule has 1 heterocycles. The molecule has 0 aliphatic heterocycles. The van der Waals surface area contributed by atoms with E-state index in [0.717, 1.165) is 0 Å². The van der Waals surface area contributed by atoms with Crippen LogP contribution in [0.3, 0.4) is 0 Å². The van der Waals surface area contributed by atoms with Crippen LogP contribution in [0, 0.1) is 0 Å². The van der Waals surface area contributed by atoms with Crippen LogP contribution in [-0.2, 0) is 16.1 Å². The second-order valence-electron chi connectivity index (χ2n) is 3.30. The highest BCUT2D eigenvalue weighted by molar-refractivity contribution is 6.30. The Balaban J connectivity index is 2.33. The zero-order valence-electron chi connectivity index (χ0n) is 8.68. The Hall–Kier alpha value is -1.56. The number of carbonyl (C=O) groups is 2. The summed E-state index contributed by atoms with van der Waals surface area (Å²) in [6.07, 6.45) is 3.23. The van der Waals surface area contributed by atoms with E-state index in [2.05, 4.69) is 10.4 Å². The van der Waals surface area contributed by atoms with E-state index in [4.69, 9.17) is 16.7 Å². The number of nitrogens with one attached hydrogen (secondary N) is 1. The smallest absolute Gasteiger partial charge is 0.325 e. The number of rotatable bonds is 5. The molecule has 1 amide bonds. The fraction of sp³-hybridized carbons (Fsp3) is 0.444. The van der Waals surface area contributed by atoms with Gasteiger partial charge in [-0.3, -0.25) is 14.3 Å². The lowest BCUT2D eigenvalue weighted by atomic mass is 10.3. The fourth-order valence-electron chi connectivity index (χ4n) is 1.05. The molecule has 0 saturated heterocycles. The first-order valence-corrected chi connectivity index (χ1v) is 5.07. The average molecular weight is 246 g/mol. The van der Waals surface area contributed by atoms with Crippen molar-refractivity contribution in [3.8, 4) is 0 Å². The van der Waals surface area contributed by atoms with Crippen molar-refractivity contribution in [1.29, 1.82) is 0 Å². The topological polar surface area (TPSA) is 84.2 Å². The van der Waals surface area contributed by atoms with E-state index in [1.165, 1.54) is 17.8 Å². The number of nitrogens with zero attached hydrogens (tertiary/aromatic N) is 2. The monoisotopic (exact) mass is 245 g/mol. The van der Waals surface area contributed by atoms with Crippen LogP contribution in [0.15, 0.2) is 12.4 Å². The first-order valence-electron chi connectivity index (χ1n) is 4.69. The number of aryl methyl sites for hydroxylation is 1. The maximum Gasteiger partial charge on any atom is 0.325 e. The Morgan fingerprint density at radius 3 is 2.88 bits per heavy atom. The lowest BCUT2D eigenvalue weighted by Crippen LogP contribution is -2.38. The highest BCUT2D eigenvalue weighted by Gasteiger charge is 2.13. The van der Waals surface area contributed by atoms with Gasteiger partial charge in [0.2, 0.25) is 5.91 Å². The molecule has 0 bridgehead atoms. The van der Waals surface area contributed by atoms with Crippen LogP contribution in [0.25, 0.3) is 0 Å². The number of aliphatic carboxylic acids is 1. The van der Waals surface area contributed by atoms with Gasteiger partial charge in [-0.2, -0.15) is 5.10 Å². The third-order valence-electron chi connectivity index (χ3n) is 1.92. The number of carboxylic acid groups (broad SMARTS) is 1. The summed E-state index contributed by atoms with van der Waals surface area (Å²) in [6.45, 7) is 1.77. The number of hydrogen-bond acceptors (Lipinski definition) is 3. The third-order valence-corrected chi connectivity index (χ3v) is 2.11. The molecule has 1 aromatic heterocycles. The Labute approximate surface area is 97.2 Å². The van der Waals surface area contributed by atoms with Crippen molar-refractivity contribution >= 4 is 23.5 Å². The van der Waals surface area contributed by atoms with Crippen LogP contribution in [0.2, 0.25) is 5.02 Å². The summed E-state index contributed by atoms with van der Waals surface area (Å²) in [5, 5.41) is 15.3. The van der Waals surface area contributed by atoms with E-state index in [1.54, 1.807) is 6.20 Å². The Kier molecular flexibility index (Phi) is 4.30. The number of carbonyl (C=O) groups excluding carboxylic acids is 1. The maximum absolute atomic E-state index is 11.3. The van der Waals surface area contributed by atoms with Gasteiger partial charge >= 0.3 is 5.97 Å². The number of amides is 1. The lowest BCUT2D eigenvalue weighted by Gasteiger charge is -2.08. The number of halogens is 1. The van der Waals surface area contributed by atoms with E-state index < -0.39 is 12.0 Å². The molecule has 0 aliphatic carbocycles. The predicted molar refractivity (Wildman–Crippen MR) is 57.1 cm³/mol. The lowest BCUT2D eigenvalue weighted by molar-refractivity contribution is -0.141. The SMILES string of the molecule is C[C@@H](NC(=O)CCn1cc(Cl)cn1)C(=O)O. The van der Waals surface area contributed by atoms with Crippen molar-refractivity contribution in [2.75, 3.05) is 0 Å². The molecule has 0 fully saturated rings. The van der Waals surface area contributed by atoms with Gasteiger partial charge < -0.3 is 10.4 Å². The minimum atomic E-state index is -1.06. The summed E-state index contributed by atoms with van der Waals surface area (Å²) in [6, 6.07) is -0.881. The second-order valence-corrected chi connectivity index (χ2v) is 3.74. The summed E-state index contributed by atoms with van der Waals surface area (Å²) in [5.74, 6) is -1.39. The van der Waals surface area contributed by atoms with Crippen LogP contribution in [0.5, 0.6) is 0 Å². The van der Waals surface area contributed by atoms with Gasteiger partial charge in [-0.05, 0) is 6.92 Å². The molecule has 16 heavy (non-hydrogen) atoms. The predicted octanol–water partition coefficient (Wildman–Crippen LogP) is 0.516. The molecule has 6 nitrogen and oxygen atoms in total. The van der Waals surface area contributed by atoms with Crippen molar-refractivity contribution < 1.29 is 14.7 Å². The summed E-state index contributed by atoms with van der Waals surface area (Å²) < 4.78 is 1.52. The van der Waals surface area contributed by atoms with Crippen LogP contribution < -0.4 is 5.32 Å². The molecule has 1 atom stereocenters. The molecular formula is C9H12ClN3O3. The molecular weight excluding hydrogens is 234 g/mol. The molecule has 2 N–H and O–H groups in total. The Bertz CT molecular complexity index is 391. The van der Waals surface area contributed by atoms with Crippen LogP contribution in [0.4, 0.5) is 0 Å². The van der Waals surface area contributed by atoms with Crippen LogP contribution in [0.1, 0.15) is 13.3 Å². The summed E-state index contributed by atoms with van der Waals surface area (Å²) in [7, 11) is 0. The molecule has 0 unspecified atom stereocenters. The molecule has 1 aromatic rings. The van der Waals surface area contributed by atoms with E-state index in [1.807, 2.05) is 0 Å². The number of hydrogen-bond donors (Lipinski definition) is 2. The molecule has 7 heteroatoms. The third kappa shape index (κ3) is 3.90.